The average molecular weight is 374 g/mol. The molecule has 0 aromatic heterocycles. The molecule has 0 amide bonds. The molecule has 0 N–H and O–H groups in total. The largest absolute Gasteiger partial charge is 0.493 e. The first kappa shape index (κ1) is 15.8. The molecule has 21 heavy (non-hydrogen) atoms. The van der Waals surface area contributed by atoms with Gasteiger partial charge in [-0.2, -0.15) is 0 Å². The van der Waals surface area contributed by atoms with Gasteiger partial charge in [-0.05, 0) is 40.2 Å². The van der Waals surface area contributed by atoms with Crippen LogP contribution in [-0.4, -0.2) is 13.4 Å². The third kappa shape index (κ3) is 3.74. The lowest BCUT2D eigenvalue weighted by Crippen LogP contribution is -2.00. The third-order valence-corrected chi connectivity index (χ3v) is 3.72. The van der Waals surface area contributed by atoms with Crippen LogP contribution in [0, 0.1) is 5.82 Å². The van der Waals surface area contributed by atoms with Crippen LogP contribution in [0.3, 0.4) is 0 Å². The number of carbonyl (C=O) groups is 1. The van der Waals surface area contributed by atoms with Gasteiger partial charge in [-0.25, -0.2) is 4.39 Å². The quantitative estimate of drug-likeness (QED) is 0.716. The highest BCUT2D eigenvalue weighted by Crippen LogP contribution is 2.37. The van der Waals surface area contributed by atoms with E-state index in [0.29, 0.717) is 33.4 Å². The van der Waals surface area contributed by atoms with Crippen LogP contribution in [0.1, 0.15) is 15.9 Å². The van der Waals surface area contributed by atoms with Crippen molar-refractivity contribution in [2.75, 3.05) is 7.11 Å². The number of carbonyl (C=O) groups excluding carboxylic acids is 1. The van der Waals surface area contributed by atoms with E-state index in [0.717, 1.165) is 0 Å². The number of rotatable bonds is 5. The molecule has 0 bridgehead atoms. The smallest absolute Gasteiger partial charge is 0.175 e. The molecule has 6 heteroatoms. The zero-order valence-corrected chi connectivity index (χ0v) is 13.4. The van der Waals surface area contributed by atoms with Crippen molar-refractivity contribution in [3.8, 4) is 11.5 Å². The average Bonchev–Trinajstić information content (AvgIpc) is 2.46. The van der Waals surface area contributed by atoms with Crippen LogP contribution in [0.2, 0.25) is 5.02 Å². The van der Waals surface area contributed by atoms with E-state index in [4.69, 9.17) is 21.1 Å². The van der Waals surface area contributed by atoms with Crippen LogP contribution in [-0.2, 0) is 6.61 Å². The van der Waals surface area contributed by atoms with E-state index >= 15 is 0 Å². The van der Waals surface area contributed by atoms with E-state index in [1.54, 1.807) is 18.2 Å². The van der Waals surface area contributed by atoms with E-state index in [9.17, 15) is 9.18 Å². The van der Waals surface area contributed by atoms with Gasteiger partial charge in [0.15, 0.2) is 11.5 Å². The molecule has 0 radical (unpaired) electrons. The SMILES string of the molecule is COc1cc(C=O)cc(Br)c1OCc1ccc(F)cc1Cl. The number of benzene rings is 2. The Bertz CT molecular complexity index is 676. The van der Waals surface area contributed by atoms with Crippen LogP contribution >= 0.6 is 27.5 Å². The maximum absolute atomic E-state index is 13.0. The third-order valence-electron chi connectivity index (χ3n) is 2.77. The number of methoxy groups -OCH3 is 1. The van der Waals surface area contributed by atoms with Crippen molar-refractivity contribution in [3.05, 3.63) is 56.8 Å². The Morgan fingerprint density at radius 2 is 2.10 bits per heavy atom. The van der Waals surface area contributed by atoms with Crippen molar-refractivity contribution < 1.29 is 18.7 Å². The van der Waals surface area contributed by atoms with Gasteiger partial charge in [0.1, 0.15) is 18.7 Å². The van der Waals surface area contributed by atoms with Gasteiger partial charge in [-0.3, -0.25) is 4.79 Å². The zero-order chi connectivity index (χ0) is 15.4. The van der Waals surface area contributed by atoms with Gasteiger partial charge >= 0.3 is 0 Å². The van der Waals surface area contributed by atoms with Gasteiger partial charge < -0.3 is 9.47 Å². The molecular weight excluding hydrogens is 363 g/mol. The van der Waals surface area contributed by atoms with Gasteiger partial charge in [0.05, 0.1) is 16.6 Å². The molecule has 2 aromatic carbocycles. The molecule has 0 heterocycles. The highest BCUT2D eigenvalue weighted by molar-refractivity contribution is 9.10. The second kappa shape index (κ2) is 6.91. The molecule has 0 atom stereocenters. The molecule has 0 aliphatic carbocycles. The van der Waals surface area contributed by atoms with Gasteiger partial charge in [-0.15, -0.1) is 0 Å². The Morgan fingerprint density at radius 1 is 1.33 bits per heavy atom. The highest BCUT2D eigenvalue weighted by Gasteiger charge is 2.12. The van der Waals surface area contributed by atoms with Crippen molar-refractivity contribution in [2.24, 2.45) is 0 Å². The summed E-state index contributed by atoms with van der Waals surface area (Å²) in [7, 11) is 1.48. The first-order valence-corrected chi connectivity index (χ1v) is 7.11. The van der Waals surface area contributed by atoms with Gasteiger partial charge in [0.2, 0.25) is 0 Å². The number of aldehydes is 1. The summed E-state index contributed by atoms with van der Waals surface area (Å²) in [6, 6.07) is 7.28. The molecule has 0 aliphatic rings. The van der Waals surface area contributed by atoms with E-state index in [-0.39, 0.29) is 11.6 Å². The minimum Gasteiger partial charge on any atom is -0.493 e. The van der Waals surface area contributed by atoms with Crippen LogP contribution < -0.4 is 9.47 Å². The zero-order valence-electron chi connectivity index (χ0n) is 11.0. The number of halogens is 3. The topological polar surface area (TPSA) is 35.5 Å². The molecule has 0 saturated carbocycles. The summed E-state index contributed by atoms with van der Waals surface area (Å²) < 4.78 is 24.4. The summed E-state index contributed by atoms with van der Waals surface area (Å²) in [5.41, 5.74) is 1.11. The molecule has 2 rings (SSSR count). The summed E-state index contributed by atoms with van der Waals surface area (Å²) >= 11 is 9.27. The molecule has 2 aromatic rings. The van der Waals surface area contributed by atoms with E-state index in [2.05, 4.69) is 15.9 Å². The number of hydrogen-bond acceptors (Lipinski definition) is 3. The fraction of sp³-hybridized carbons (Fsp3) is 0.133. The standard InChI is InChI=1S/C15H11BrClFO3/c1-20-14-5-9(7-19)4-12(16)15(14)21-8-10-2-3-11(18)6-13(10)17/h2-7H,8H2,1H3. The second-order valence-electron chi connectivity index (χ2n) is 4.18. The predicted molar refractivity (Wildman–Crippen MR) is 81.8 cm³/mol. The summed E-state index contributed by atoms with van der Waals surface area (Å²) in [4.78, 5) is 10.8. The van der Waals surface area contributed by atoms with Crippen LogP contribution in [0.5, 0.6) is 11.5 Å². The van der Waals surface area contributed by atoms with Gasteiger partial charge in [0.25, 0.3) is 0 Å². The fourth-order valence-corrected chi connectivity index (χ4v) is 2.53. The minimum atomic E-state index is -0.405. The van der Waals surface area contributed by atoms with E-state index in [1.165, 1.54) is 19.2 Å². The molecule has 110 valence electrons. The second-order valence-corrected chi connectivity index (χ2v) is 5.44. The first-order valence-electron chi connectivity index (χ1n) is 5.94. The van der Waals surface area contributed by atoms with Crippen LogP contribution in [0.15, 0.2) is 34.8 Å². The van der Waals surface area contributed by atoms with Crippen molar-refractivity contribution in [1.29, 1.82) is 0 Å². The van der Waals surface area contributed by atoms with Crippen molar-refractivity contribution in [2.45, 2.75) is 6.61 Å². The Hall–Kier alpha value is -1.59. The Labute approximate surface area is 134 Å². The molecule has 0 aliphatic heterocycles. The monoisotopic (exact) mass is 372 g/mol. The summed E-state index contributed by atoms with van der Waals surface area (Å²) in [6.07, 6.45) is 0.716. The Balaban J connectivity index is 2.25. The summed E-state index contributed by atoms with van der Waals surface area (Å²) in [5.74, 6) is 0.464. The maximum Gasteiger partial charge on any atom is 0.175 e. The molecule has 0 saturated heterocycles. The fourth-order valence-electron chi connectivity index (χ4n) is 1.74. The minimum absolute atomic E-state index is 0.147. The lowest BCUT2D eigenvalue weighted by atomic mass is 10.2. The molecule has 0 spiro atoms. The van der Waals surface area contributed by atoms with Crippen LogP contribution in [0.4, 0.5) is 4.39 Å². The molecule has 0 fully saturated rings. The predicted octanol–water partition coefficient (Wildman–Crippen LogP) is 4.64. The van der Waals surface area contributed by atoms with E-state index in [1.807, 2.05) is 0 Å². The van der Waals surface area contributed by atoms with Crippen molar-refractivity contribution >= 4 is 33.8 Å². The molecule has 0 unspecified atom stereocenters. The molecular formula is C15H11BrClFO3. The summed E-state index contributed by atoms with van der Waals surface area (Å²) in [6.45, 7) is 0.147. The lowest BCUT2D eigenvalue weighted by Gasteiger charge is -2.13. The Morgan fingerprint density at radius 3 is 2.71 bits per heavy atom. The van der Waals surface area contributed by atoms with Crippen molar-refractivity contribution in [1.82, 2.24) is 0 Å². The van der Waals surface area contributed by atoms with Crippen LogP contribution in [0.25, 0.3) is 0 Å². The van der Waals surface area contributed by atoms with E-state index < -0.39 is 5.82 Å². The lowest BCUT2D eigenvalue weighted by molar-refractivity contribution is 0.112. The van der Waals surface area contributed by atoms with Gasteiger partial charge in [-0.1, -0.05) is 17.7 Å². The normalized spacial score (nSPS) is 10.3. The maximum atomic E-state index is 13.0. The van der Waals surface area contributed by atoms with Gasteiger partial charge in [0, 0.05) is 11.1 Å². The highest BCUT2D eigenvalue weighted by atomic mass is 79.9. The number of ether oxygens (including phenoxy) is 2. The van der Waals surface area contributed by atoms with Crippen molar-refractivity contribution in [3.63, 3.8) is 0 Å². The molecule has 3 nitrogen and oxygen atoms in total. The number of hydrogen-bond donors (Lipinski definition) is 0. The first-order chi connectivity index (χ1) is 10.0. The Kier molecular flexibility index (Phi) is 5.20. The summed E-state index contributed by atoms with van der Waals surface area (Å²) in [5, 5.41) is 0.287.